The van der Waals surface area contributed by atoms with Crippen LogP contribution in [-0.4, -0.2) is 55.2 Å². The van der Waals surface area contributed by atoms with E-state index >= 15 is 0 Å². The van der Waals surface area contributed by atoms with Gasteiger partial charge in [-0.3, -0.25) is 9.78 Å². The molecule has 2 aromatic carbocycles. The van der Waals surface area contributed by atoms with Crippen LogP contribution >= 0.6 is 0 Å². The summed E-state index contributed by atoms with van der Waals surface area (Å²) in [6.45, 7) is 6.64. The summed E-state index contributed by atoms with van der Waals surface area (Å²) in [6, 6.07) is 18.7. The van der Waals surface area contributed by atoms with Crippen LogP contribution in [0, 0.1) is 12.7 Å². The average Bonchev–Trinajstić information content (AvgIpc) is 2.90. The van der Waals surface area contributed by atoms with E-state index in [1.54, 1.807) is 12.1 Å². The third kappa shape index (κ3) is 5.38. The maximum Gasteiger partial charge on any atom is 0.254 e. The van der Waals surface area contributed by atoms with Crippen LogP contribution in [0.25, 0.3) is 0 Å². The SMILES string of the molecule is Cc1c(C(=O)N2CCCC(c3cccc(Cc4ccc(F)cc4)n3)C2)cccc1N1CCOCC1. The van der Waals surface area contributed by atoms with E-state index in [2.05, 4.69) is 24.0 Å². The highest BCUT2D eigenvalue weighted by atomic mass is 19.1. The highest BCUT2D eigenvalue weighted by molar-refractivity contribution is 5.97. The van der Waals surface area contributed by atoms with Crippen LogP contribution in [0.5, 0.6) is 0 Å². The Morgan fingerprint density at radius 2 is 1.80 bits per heavy atom. The molecule has 3 heterocycles. The summed E-state index contributed by atoms with van der Waals surface area (Å²) in [6.07, 6.45) is 2.64. The van der Waals surface area contributed by atoms with Crippen LogP contribution in [0.15, 0.2) is 60.7 Å². The van der Waals surface area contributed by atoms with E-state index in [1.165, 1.54) is 12.1 Å². The Morgan fingerprint density at radius 1 is 1.03 bits per heavy atom. The third-order valence-corrected chi connectivity index (χ3v) is 7.14. The number of likely N-dealkylation sites (tertiary alicyclic amines) is 1. The van der Waals surface area contributed by atoms with Gasteiger partial charge in [-0.1, -0.05) is 24.3 Å². The molecule has 2 saturated heterocycles. The molecule has 6 heteroatoms. The molecule has 5 rings (SSSR count). The number of ether oxygens (including phenoxy) is 1. The monoisotopic (exact) mass is 473 g/mol. The number of amides is 1. The summed E-state index contributed by atoms with van der Waals surface area (Å²) in [4.78, 5) is 22.8. The first-order chi connectivity index (χ1) is 17.1. The topological polar surface area (TPSA) is 45.7 Å². The fourth-order valence-corrected chi connectivity index (χ4v) is 5.21. The number of rotatable bonds is 5. The lowest BCUT2D eigenvalue weighted by Gasteiger charge is -2.34. The second kappa shape index (κ2) is 10.6. The molecular formula is C29H32FN3O2. The van der Waals surface area contributed by atoms with Gasteiger partial charge < -0.3 is 14.5 Å². The van der Waals surface area contributed by atoms with Crippen LogP contribution in [0.1, 0.15) is 51.6 Å². The summed E-state index contributed by atoms with van der Waals surface area (Å²) in [7, 11) is 0. The molecule has 0 N–H and O–H groups in total. The summed E-state index contributed by atoms with van der Waals surface area (Å²) >= 11 is 0. The smallest absolute Gasteiger partial charge is 0.254 e. The van der Waals surface area contributed by atoms with Gasteiger partial charge in [0.2, 0.25) is 0 Å². The quantitative estimate of drug-likeness (QED) is 0.525. The molecule has 5 nitrogen and oxygen atoms in total. The van der Waals surface area contributed by atoms with Crippen molar-refractivity contribution in [1.29, 1.82) is 0 Å². The van der Waals surface area contributed by atoms with Crippen LogP contribution in [0.3, 0.4) is 0 Å². The first-order valence-corrected chi connectivity index (χ1v) is 12.5. The number of hydrogen-bond acceptors (Lipinski definition) is 4. The number of carbonyl (C=O) groups is 1. The predicted molar refractivity (Wildman–Crippen MR) is 136 cm³/mol. The maximum absolute atomic E-state index is 13.6. The normalized spacial score (nSPS) is 18.5. The molecule has 0 radical (unpaired) electrons. The van der Waals surface area contributed by atoms with Crippen LogP contribution < -0.4 is 4.90 Å². The van der Waals surface area contributed by atoms with Gasteiger partial charge in [0.05, 0.1) is 13.2 Å². The van der Waals surface area contributed by atoms with Gasteiger partial charge in [-0.2, -0.15) is 0 Å². The number of piperidine rings is 1. The van der Waals surface area contributed by atoms with Gasteiger partial charge in [0.1, 0.15) is 5.82 Å². The number of morpholine rings is 1. The number of aromatic nitrogens is 1. The van der Waals surface area contributed by atoms with E-state index in [0.29, 0.717) is 13.0 Å². The molecule has 2 aliphatic heterocycles. The zero-order chi connectivity index (χ0) is 24.2. The lowest BCUT2D eigenvalue weighted by atomic mass is 9.93. The Hall–Kier alpha value is -3.25. The number of hydrogen-bond donors (Lipinski definition) is 0. The van der Waals surface area contributed by atoms with E-state index in [9.17, 15) is 9.18 Å². The van der Waals surface area contributed by atoms with Crippen molar-refractivity contribution in [2.75, 3.05) is 44.3 Å². The Kier molecular flexibility index (Phi) is 7.09. The standard InChI is InChI=1S/C29H32FN3O2/c1-21-26(7-3-9-28(21)32-15-17-35-18-16-32)29(34)33-14-4-5-23(20-33)27-8-2-6-25(31-27)19-22-10-12-24(30)13-11-22/h2-3,6-13,23H,4-5,14-20H2,1H3. The number of carbonyl (C=O) groups excluding carboxylic acids is 1. The van der Waals surface area contributed by atoms with Gasteiger partial charge in [0.15, 0.2) is 0 Å². The lowest BCUT2D eigenvalue weighted by Crippen LogP contribution is -2.40. The van der Waals surface area contributed by atoms with E-state index in [-0.39, 0.29) is 17.6 Å². The highest BCUT2D eigenvalue weighted by Crippen LogP contribution is 2.30. The molecule has 0 aliphatic carbocycles. The van der Waals surface area contributed by atoms with E-state index in [4.69, 9.17) is 9.72 Å². The Bertz CT molecular complexity index is 1170. The first kappa shape index (κ1) is 23.5. The van der Waals surface area contributed by atoms with Crippen molar-refractivity contribution in [3.05, 3.63) is 94.6 Å². The molecule has 3 aromatic rings. The maximum atomic E-state index is 13.6. The van der Waals surface area contributed by atoms with Crippen molar-refractivity contribution in [2.45, 2.75) is 32.1 Å². The first-order valence-electron chi connectivity index (χ1n) is 12.5. The number of nitrogens with zero attached hydrogens (tertiary/aromatic N) is 3. The van der Waals surface area contributed by atoms with Crippen LogP contribution in [0.2, 0.25) is 0 Å². The number of benzene rings is 2. The van der Waals surface area contributed by atoms with Crippen molar-refractivity contribution in [3.63, 3.8) is 0 Å². The zero-order valence-corrected chi connectivity index (χ0v) is 20.3. The van der Waals surface area contributed by atoms with E-state index < -0.39 is 0 Å². The van der Waals surface area contributed by atoms with Crippen molar-refractivity contribution in [2.24, 2.45) is 0 Å². The molecule has 0 saturated carbocycles. The van der Waals surface area contributed by atoms with Gasteiger partial charge in [-0.15, -0.1) is 0 Å². The van der Waals surface area contributed by atoms with Crippen molar-refractivity contribution >= 4 is 11.6 Å². The largest absolute Gasteiger partial charge is 0.378 e. The molecule has 1 atom stereocenters. The van der Waals surface area contributed by atoms with E-state index in [1.807, 2.05) is 29.2 Å². The molecule has 0 spiro atoms. The summed E-state index contributed by atoms with van der Waals surface area (Å²) in [5, 5.41) is 0. The summed E-state index contributed by atoms with van der Waals surface area (Å²) in [5.41, 5.74) is 5.98. The minimum Gasteiger partial charge on any atom is -0.378 e. The molecule has 1 aromatic heterocycles. The molecule has 1 unspecified atom stereocenters. The van der Waals surface area contributed by atoms with Crippen molar-refractivity contribution in [3.8, 4) is 0 Å². The molecule has 2 aliphatic rings. The fraction of sp³-hybridized carbons (Fsp3) is 0.379. The van der Waals surface area contributed by atoms with Gasteiger partial charge in [0.25, 0.3) is 5.91 Å². The van der Waals surface area contributed by atoms with Gasteiger partial charge in [0, 0.05) is 61.2 Å². The molecule has 182 valence electrons. The lowest BCUT2D eigenvalue weighted by molar-refractivity contribution is 0.0705. The summed E-state index contributed by atoms with van der Waals surface area (Å²) < 4.78 is 18.7. The Balaban J connectivity index is 1.30. The van der Waals surface area contributed by atoms with Crippen LogP contribution in [0.4, 0.5) is 10.1 Å². The second-order valence-corrected chi connectivity index (χ2v) is 9.50. The minimum absolute atomic E-state index is 0.102. The van der Waals surface area contributed by atoms with Gasteiger partial charge in [-0.25, -0.2) is 4.39 Å². The fourth-order valence-electron chi connectivity index (χ4n) is 5.21. The number of anilines is 1. The molecule has 0 bridgehead atoms. The predicted octanol–water partition coefficient (Wildman–Crippen LogP) is 4.98. The molecule has 1 amide bonds. The zero-order valence-electron chi connectivity index (χ0n) is 20.3. The van der Waals surface area contributed by atoms with E-state index in [0.717, 1.165) is 79.5 Å². The molecule has 35 heavy (non-hydrogen) atoms. The second-order valence-electron chi connectivity index (χ2n) is 9.50. The van der Waals surface area contributed by atoms with Crippen LogP contribution in [-0.2, 0) is 11.2 Å². The average molecular weight is 474 g/mol. The summed E-state index contributed by atoms with van der Waals surface area (Å²) in [5.74, 6) is 0.0847. The Morgan fingerprint density at radius 3 is 2.60 bits per heavy atom. The van der Waals surface area contributed by atoms with Crippen molar-refractivity contribution in [1.82, 2.24) is 9.88 Å². The minimum atomic E-state index is -0.229. The van der Waals surface area contributed by atoms with Crippen molar-refractivity contribution < 1.29 is 13.9 Å². The van der Waals surface area contributed by atoms with Gasteiger partial charge in [-0.05, 0) is 67.3 Å². The third-order valence-electron chi connectivity index (χ3n) is 7.14. The molecule has 2 fully saturated rings. The number of halogens is 1. The highest BCUT2D eigenvalue weighted by Gasteiger charge is 2.28. The van der Waals surface area contributed by atoms with Gasteiger partial charge >= 0.3 is 0 Å². The Labute approximate surface area is 206 Å². The number of pyridine rings is 1. The molecular weight excluding hydrogens is 441 g/mol.